The molecule has 2 amide bonds. The number of thiophene rings is 2. The predicted molar refractivity (Wildman–Crippen MR) is 312 cm³/mol. The molecule has 0 fully saturated rings. The van der Waals surface area contributed by atoms with E-state index in [4.69, 9.17) is 17.5 Å². The van der Waals surface area contributed by atoms with Crippen molar-refractivity contribution in [2.24, 2.45) is 0 Å². The summed E-state index contributed by atoms with van der Waals surface area (Å²) in [7, 11) is 3.62. The fraction of sp³-hybridized carbons (Fsp3) is 0.484. The zero-order chi connectivity index (χ0) is 51.5. The van der Waals surface area contributed by atoms with E-state index >= 15 is 0 Å². The van der Waals surface area contributed by atoms with Gasteiger partial charge in [-0.15, -0.1) is 22.7 Å². The van der Waals surface area contributed by atoms with E-state index in [1.165, 1.54) is 163 Å². The van der Waals surface area contributed by atoms with Crippen LogP contribution in [0.1, 0.15) is 199 Å². The van der Waals surface area contributed by atoms with E-state index in [1.54, 1.807) is 39.5 Å². The number of likely N-dealkylation sites (N-methyl/N-ethyl adjacent to an activating group) is 2. The summed E-state index contributed by atoms with van der Waals surface area (Å²) in [5, 5.41) is 0. The van der Waals surface area contributed by atoms with E-state index in [9.17, 15) is 9.59 Å². The number of nitrogens with zero attached hydrogens (tertiary/aromatic N) is 6. The molecule has 12 heteroatoms. The number of aryl methyl sites for hydroxylation is 2. The van der Waals surface area contributed by atoms with Crippen LogP contribution in [0.5, 0.6) is 0 Å². The number of hydrogen-bond acceptors (Lipinski definition) is 10. The van der Waals surface area contributed by atoms with Gasteiger partial charge in [-0.25, -0.2) is 0 Å². The SMILES string of the molecule is CCCCCCC1(CCCCCC)c2cc3c(cc2-c2c1cc(C)c1nsnc21)C(CCCCCC)(CCCCCC)c1cc(-c2ccc(C4=C5C(=O)N(C)C(c6ccc(C)s6)=C5C(=O)N4C)s2)c2nsnc2c1-3. The number of carbonyl (C=O) groups is 2. The number of aromatic nitrogens is 4. The van der Waals surface area contributed by atoms with Gasteiger partial charge in [0.1, 0.15) is 22.1 Å². The topological polar surface area (TPSA) is 92.2 Å². The van der Waals surface area contributed by atoms with Crippen LogP contribution in [-0.4, -0.2) is 53.2 Å². The first kappa shape index (κ1) is 51.2. The molecule has 4 aliphatic rings. The van der Waals surface area contributed by atoms with Crippen molar-refractivity contribution in [3.05, 3.63) is 102 Å². The van der Waals surface area contributed by atoms with Crippen LogP contribution >= 0.6 is 46.1 Å². The van der Waals surface area contributed by atoms with Crippen molar-refractivity contribution in [2.45, 2.75) is 181 Å². The molecule has 8 nitrogen and oxygen atoms in total. The summed E-state index contributed by atoms with van der Waals surface area (Å²) in [6, 6.07) is 18.8. The molecule has 74 heavy (non-hydrogen) atoms. The number of benzene rings is 3. The van der Waals surface area contributed by atoms with Gasteiger partial charge in [0, 0.05) is 51.4 Å². The lowest BCUT2D eigenvalue weighted by Crippen LogP contribution is -2.27. The Labute approximate surface area is 455 Å². The van der Waals surface area contributed by atoms with E-state index in [0.717, 1.165) is 85.7 Å². The highest BCUT2D eigenvalue weighted by molar-refractivity contribution is 7.16. The second-order valence-electron chi connectivity index (χ2n) is 22.0. The maximum Gasteiger partial charge on any atom is 0.261 e. The molecule has 0 N–H and O–H groups in total. The minimum atomic E-state index is -0.231. The molecule has 4 aromatic heterocycles. The van der Waals surface area contributed by atoms with Gasteiger partial charge in [0.05, 0.1) is 55.8 Å². The average Bonchev–Trinajstić information content (AvgIpc) is 4.32. The molecule has 0 unspecified atom stereocenters. The summed E-state index contributed by atoms with van der Waals surface area (Å²) >= 11 is 5.96. The van der Waals surface area contributed by atoms with Crippen LogP contribution in [0.15, 0.2) is 59.7 Å². The van der Waals surface area contributed by atoms with E-state index in [0.29, 0.717) is 22.5 Å². The molecule has 11 rings (SSSR count). The smallest absolute Gasteiger partial charge is 0.261 e. The van der Waals surface area contributed by atoms with Gasteiger partial charge in [-0.05, 0) is 121 Å². The summed E-state index contributed by atoms with van der Waals surface area (Å²) in [5.74, 6) is -0.272. The number of fused-ring (bicyclic) bond motifs is 11. The number of rotatable bonds is 23. The fourth-order valence-electron chi connectivity index (χ4n) is 13.6. The molecule has 0 radical (unpaired) electrons. The van der Waals surface area contributed by atoms with Gasteiger partial charge in [0.2, 0.25) is 0 Å². The quantitative estimate of drug-likeness (QED) is 0.0593. The van der Waals surface area contributed by atoms with E-state index in [1.807, 2.05) is 13.1 Å². The molecule has 386 valence electrons. The Bertz CT molecular complexity index is 3360. The van der Waals surface area contributed by atoms with E-state index in [2.05, 4.69) is 84.0 Å². The van der Waals surface area contributed by atoms with Crippen molar-refractivity contribution in [3.63, 3.8) is 0 Å². The lowest BCUT2D eigenvalue weighted by atomic mass is 9.68. The molecule has 2 aliphatic carbocycles. The van der Waals surface area contributed by atoms with Crippen LogP contribution in [0.2, 0.25) is 0 Å². The number of amides is 2. The molecule has 3 aromatic carbocycles. The number of carbonyl (C=O) groups excluding carboxylic acids is 2. The highest BCUT2D eigenvalue weighted by atomic mass is 32.1. The minimum absolute atomic E-state index is 0.122. The molecule has 2 aliphatic heterocycles. The lowest BCUT2D eigenvalue weighted by Gasteiger charge is -2.35. The Hall–Kier alpha value is -4.88. The Kier molecular flexibility index (Phi) is 14.5. The highest BCUT2D eigenvalue weighted by Crippen LogP contribution is 2.63. The van der Waals surface area contributed by atoms with Crippen LogP contribution < -0.4 is 0 Å². The molecule has 0 spiro atoms. The summed E-state index contributed by atoms with van der Waals surface area (Å²) in [4.78, 5) is 36.0. The fourth-order valence-corrected chi connectivity index (χ4v) is 16.9. The Morgan fingerprint density at radius 1 is 0.446 bits per heavy atom. The Morgan fingerprint density at radius 2 is 0.851 bits per heavy atom. The van der Waals surface area contributed by atoms with Crippen molar-refractivity contribution in [3.8, 4) is 32.7 Å². The van der Waals surface area contributed by atoms with E-state index in [-0.39, 0.29) is 22.6 Å². The first-order chi connectivity index (χ1) is 36.0. The second kappa shape index (κ2) is 20.9. The monoisotopic (exact) mass is 1060 g/mol. The van der Waals surface area contributed by atoms with Crippen LogP contribution in [-0.2, 0) is 20.4 Å². The van der Waals surface area contributed by atoms with Crippen LogP contribution in [0.4, 0.5) is 0 Å². The maximum atomic E-state index is 14.3. The molecular formula is C62H72N6O2S4. The normalized spacial score (nSPS) is 16.2. The average molecular weight is 1060 g/mol. The third-order valence-electron chi connectivity index (χ3n) is 17.4. The first-order valence-corrected chi connectivity index (χ1v) is 31.1. The minimum Gasteiger partial charge on any atom is -0.309 e. The van der Waals surface area contributed by atoms with Gasteiger partial charge in [-0.1, -0.05) is 136 Å². The highest BCUT2D eigenvalue weighted by Gasteiger charge is 2.51. The largest absolute Gasteiger partial charge is 0.309 e. The summed E-state index contributed by atoms with van der Waals surface area (Å²) < 4.78 is 20.6. The van der Waals surface area contributed by atoms with Crippen molar-refractivity contribution < 1.29 is 9.59 Å². The Morgan fingerprint density at radius 3 is 1.32 bits per heavy atom. The summed E-state index contributed by atoms with van der Waals surface area (Å²) in [6.45, 7) is 13.6. The standard InChI is InChI=1S/C62H72N6O2S4/c1-9-13-17-21-29-61(30-22-18-14-10-2)42-35-40-43(34-39(42)49-44(61)33-37(5)53-55(49)65-73-63-53)62(31-23-19-15-11-3,32-24-20-16-12-4)45-36-41(54-56(50(40)45)66-74-64-54)46-27-28-48(72-46)58-52-51(59(69)68(58)8)57(67(7)60(52)70)47-26-25-38(6)71-47/h25-28,33-36H,9-24,29-32H2,1-8H3. The maximum absolute atomic E-state index is 14.3. The summed E-state index contributed by atoms with van der Waals surface area (Å²) in [6.07, 6.45) is 23.8. The molecule has 7 aromatic rings. The van der Waals surface area contributed by atoms with Crippen LogP contribution in [0, 0.1) is 13.8 Å². The van der Waals surface area contributed by atoms with E-state index < -0.39 is 0 Å². The van der Waals surface area contributed by atoms with Crippen LogP contribution in [0.3, 0.4) is 0 Å². The van der Waals surface area contributed by atoms with Gasteiger partial charge >= 0.3 is 0 Å². The third kappa shape index (κ3) is 8.20. The first-order valence-electron chi connectivity index (χ1n) is 28.0. The molecule has 6 heterocycles. The summed E-state index contributed by atoms with van der Waals surface area (Å²) in [5.41, 5.74) is 19.7. The molecule has 0 saturated carbocycles. The number of hydrogen-bond donors (Lipinski definition) is 0. The predicted octanol–water partition coefficient (Wildman–Crippen LogP) is 17.6. The van der Waals surface area contributed by atoms with Gasteiger partial charge in [0.25, 0.3) is 11.8 Å². The molecule has 0 atom stereocenters. The van der Waals surface area contributed by atoms with Crippen molar-refractivity contribution in [1.29, 1.82) is 0 Å². The molecule has 0 saturated heterocycles. The van der Waals surface area contributed by atoms with Gasteiger partial charge in [-0.3, -0.25) is 9.59 Å². The van der Waals surface area contributed by atoms with Crippen molar-refractivity contribution in [2.75, 3.05) is 14.1 Å². The molecular weight excluding hydrogens is 989 g/mol. The Balaban J connectivity index is 1.13. The zero-order valence-electron chi connectivity index (χ0n) is 44.9. The third-order valence-corrected chi connectivity index (χ3v) is 20.6. The zero-order valence-corrected chi connectivity index (χ0v) is 48.2. The van der Waals surface area contributed by atoms with Gasteiger partial charge in [-0.2, -0.15) is 17.5 Å². The van der Waals surface area contributed by atoms with Gasteiger partial charge in [0.15, 0.2) is 0 Å². The molecule has 0 bridgehead atoms. The lowest BCUT2D eigenvalue weighted by molar-refractivity contribution is -0.123. The number of unbranched alkanes of at least 4 members (excludes halogenated alkanes) is 12. The van der Waals surface area contributed by atoms with Crippen molar-refractivity contribution in [1.82, 2.24) is 27.3 Å². The second-order valence-corrected chi connectivity index (χ2v) is 25.4. The van der Waals surface area contributed by atoms with Gasteiger partial charge < -0.3 is 9.80 Å². The van der Waals surface area contributed by atoms with Crippen LogP contribution in [0.25, 0.3) is 66.2 Å². The van der Waals surface area contributed by atoms with Crippen molar-refractivity contribution >= 4 is 91.4 Å².